The maximum Gasteiger partial charge on any atom is 0.410 e. The molecule has 2 bridgehead atoms. The molecule has 4 amide bonds. The molecule has 9 heteroatoms. The number of aryl methyl sites for hydroxylation is 1. The SMILES string of the molecule is Cc1cc(N2C(=O)[C@H]3C4C[C@H](CN4C(=O)OC(C)C)N3C2=O)cnc1C#N. The predicted molar refractivity (Wildman–Crippen MR) is 92.7 cm³/mol. The van der Waals surface area contributed by atoms with E-state index in [2.05, 4.69) is 4.98 Å². The van der Waals surface area contributed by atoms with Crippen LogP contribution in [-0.4, -0.2) is 63.6 Å². The lowest BCUT2D eigenvalue weighted by atomic mass is 10.1. The summed E-state index contributed by atoms with van der Waals surface area (Å²) in [6.07, 6.45) is 1.23. The maximum absolute atomic E-state index is 13.0. The fourth-order valence-electron chi connectivity index (χ4n) is 4.17. The van der Waals surface area contributed by atoms with Gasteiger partial charge >= 0.3 is 12.1 Å². The summed E-state index contributed by atoms with van der Waals surface area (Å²) in [6, 6.07) is 1.89. The lowest BCUT2D eigenvalue weighted by Gasteiger charge is -2.34. The number of likely N-dealkylation sites (tertiary alicyclic amines) is 1. The largest absolute Gasteiger partial charge is 0.447 e. The Hall–Kier alpha value is -3.15. The van der Waals surface area contributed by atoms with Gasteiger partial charge in [0.25, 0.3) is 5.91 Å². The van der Waals surface area contributed by atoms with Gasteiger partial charge in [-0.3, -0.25) is 4.79 Å². The molecule has 9 nitrogen and oxygen atoms in total. The van der Waals surface area contributed by atoms with Crippen molar-refractivity contribution in [2.75, 3.05) is 11.4 Å². The summed E-state index contributed by atoms with van der Waals surface area (Å²) in [7, 11) is 0. The van der Waals surface area contributed by atoms with Gasteiger partial charge in [0.1, 0.15) is 17.8 Å². The summed E-state index contributed by atoms with van der Waals surface area (Å²) < 4.78 is 5.27. The zero-order chi connectivity index (χ0) is 19.5. The molecular formula is C18H19N5O4. The first-order chi connectivity index (χ1) is 12.8. The Bertz CT molecular complexity index is 892. The highest BCUT2D eigenvalue weighted by Crippen LogP contribution is 2.42. The van der Waals surface area contributed by atoms with Crippen molar-refractivity contribution >= 4 is 23.7 Å². The first kappa shape index (κ1) is 17.3. The van der Waals surface area contributed by atoms with Crippen molar-refractivity contribution in [1.82, 2.24) is 14.8 Å². The average Bonchev–Trinajstić information content (AvgIpc) is 3.26. The standard InChI is InChI=1S/C18H19N5O4/c1-9(2)27-18(26)21-8-12-5-14(21)15-16(24)23(17(25)22(12)15)11-4-10(3)13(6-19)20-7-11/h4,7,9,12,14-15H,5,8H2,1-3H3/t12-,14?,15-/m1/s1. The van der Waals surface area contributed by atoms with E-state index in [1.54, 1.807) is 36.6 Å². The number of fused-ring (bicyclic) bond motifs is 5. The monoisotopic (exact) mass is 369 g/mol. The predicted octanol–water partition coefficient (Wildman–Crippen LogP) is 1.40. The van der Waals surface area contributed by atoms with Gasteiger partial charge in [-0.2, -0.15) is 5.26 Å². The molecule has 3 atom stereocenters. The third-order valence-corrected chi connectivity index (χ3v) is 5.26. The minimum absolute atomic E-state index is 0.200. The molecular weight excluding hydrogens is 350 g/mol. The molecule has 27 heavy (non-hydrogen) atoms. The van der Waals surface area contributed by atoms with Crippen LogP contribution in [0.25, 0.3) is 0 Å². The van der Waals surface area contributed by atoms with E-state index >= 15 is 0 Å². The number of rotatable bonds is 2. The van der Waals surface area contributed by atoms with Crippen LogP contribution in [0.2, 0.25) is 0 Å². The molecule has 1 unspecified atom stereocenters. The lowest BCUT2D eigenvalue weighted by molar-refractivity contribution is -0.121. The smallest absolute Gasteiger partial charge is 0.410 e. The van der Waals surface area contributed by atoms with E-state index in [0.29, 0.717) is 24.2 Å². The Morgan fingerprint density at radius 2 is 2.15 bits per heavy atom. The van der Waals surface area contributed by atoms with Crippen molar-refractivity contribution in [2.24, 2.45) is 0 Å². The second-order valence-electron chi connectivity index (χ2n) is 7.32. The van der Waals surface area contributed by atoms with Gasteiger partial charge in [-0.25, -0.2) is 19.5 Å². The second-order valence-corrected chi connectivity index (χ2v) is 7.32. The Balaban J connectivity index is 1.62. The Morgan fingerprint density at radius 3 is 2.78 bits per heavy atom. The number of urea groups is 1. The van der Waals surface area contributed by atoms with Gasteiger partial charge in [-0.15, -0.1) is 0 Å². The number of carbonyl (C=O) groups excluding carboxylic acids is 3. The minimum atomic E-state index is -0.702. The van der Waals surface area contributed by atoms with E-state index < -0.39 is 18.2 Å². The van der Waals surface area contributed by atoms with Crippen molar-refractivity contribution in [2.45, 2.75) is 51.4 Å². The fraction of sp³-hybridized carbons (Fsp3) is 0.500. The third-order valence-electron chi connectivity index (χ3n) is 5.26. The van der Waals surface area contributed by atoms with Crippen molar-refractivity contribution in [1.29, 1.82) is 5.26 Å². The summed E-state index contributed by atoms with van der Waals surface area (Å²) in [6.45, 7) is 5.61. The number of carbonyl (C=O) groups is 3. The number of nitrogens with zero attached hydrogens (tertiary/aromatic N) is 5. The summed E-state index contributed by atoms with van der Waals surface area (Å²) in [5, 5.41) is 9.01. The molecule has 3 saturated heterocycles. The number of amides is 4. The average molecular weight is 369 g/mol. The summed E-state index contributed by atoms with van der Waals surface area (Å²) in [5.41, 5.74) is 1.18. The summed E-state index contributed by atoms with van der Waals surface area (Å²) in [4.78, 5) is 46.5. The number of hydrogen-bond donors (Lipinski definition) is 0. The molecule has 1 aromatic heterocycles. The Labute approximate surface area is 156 Å². The Morgan fingerprint density at radius 1 is 1.41 bits per heavy atom. The van der Waals surface area contributed by atoms with Crippen LogP contribution in [0, 0.1) is 18.3 Å². The summed E-state index contributed by atoms with van der Waals surface area (Å²) >= 11 is 0. The van der Waals surface area contributed by atoms with Crippen LogP contribution < -0.4 is 4.90 Å². The number of nitriles is 1. The number of anilines is 1. The first-order valence-corrected chi connectivity index (χ1v) is 8.83. The van der Waals surface area contributed by atoms with Crippen molar-refractivity contribution < 1.29 is 19.1 Å². The molecule has 140 valence electrons. The number of piperazine rings is 1. The fourth-order valence-corrected chi connectivity index (χ4v) is 4.17. The van der Waals surface area contributed by atoms with Crippen LogP contribution in [0.3, 0.4) is 0 Å². The first-order valence-electron chi connectivity index (χ1n) is 8.83. The maximum atomic E-state index is 13.0. The molecule has 1 aromatic rings. The third kappa shape index (κ3) is 2.44. The lowest BCUT2D eigenvalue weighted by Crippen LogP contribution is -2.55. The minimum Gasteiger partial charge on any atom is -0.447 e. The molecule has 0 radical (unpaired) electrons. The normalized spacial score (nSPS) is 26.0. The molecule has 0 spiro atoms. The topological polar surface area (TPSA) is 107 Å². The van der Waals surface area contributed by atoms with Crippen LogP contribution in [-0.2, 0) is 9.53 Å². The molecule has 4 heterocycles. The van der Waals surface area contributed by atoms with Crippen LogP contribution >= 0.6 is 0 Å². The van der Waals surface area contributed by atoms with E-state index in [4.69, 9.17) is 10.00 Å². The molecule has 4 rings (SSSR count). The van der Waals surface area contributed by atoms with Gasteiger partial charge in [0.15, 0.2) is 0 Å². The van der Waals surface area contributed by atoms with Crippen molar-refractivity contribution in [3.63, 3.8) is 0 Å². The van der Waals surface area contributed by atoms with Gasteiger partial charge in [0.2, 0.25) is 0 Å². The van der Waals surface area contributed by atoms with Crippen LogP contribution in [0.4, 0.5) is 15.3 Å². The second kappa shape index (κ2) is 5.94. The highest BCUT2D eigenvalue weighted by molar-refractivity contribution is 6.22. The van der Waals surface area contributed by atoms with E-state index in [1.165, 1.54) is 6.20 Å². The number of aromatic nitrogens is 1. The highest BCUT2D eigenvalue weighted by Gasteiger charge is 2.63. The van der Waals surface area contributed by atoms with Crippen LogP contribution in [0.1, 0.15) is 31.5 Å². The zero-order valence-corrected chi connectivity index (χ0v) is 15.2. The quantitative estimate of drug-likeness (QED) is 0.730. The van der Waals surface area contributed by atoms with Crippen LogP contribution in [0.15, 0.2) is 12.3 Å². The van der Waals surface area contributed by atoms with Gasteiger partial charge in [0, 0.05) is 6.54 Å². The Kier molecular flexibility index (Phi) is 3.80. The molecule has 0 aromatic carbocycles. The molecule has 0 aliphatic carbocycles. The molecule has 3 fully saturated rings. The van der Waals surface area contributed by atoms with E-state index in [0.717, 1.165) is 4.90 Å². The zero-order valence-electron chi connectivity index (χ0n) is 15.2. The highest BCUT2D eigenvalue weighted by atomic mass is 16.6. The molecule has 0 N–H and O–H groups in total. The van der Waals surface area contributed by atoms with E-state index in [9.17, 15) is 14.4 Å². The van der Waals surface area contributed by atoms with Crippen molar-refractivity contribution in [3.05, 3.63) is 23.5 Å². The van der Waals surface area contributed by atoms with Gasteiger partial charge in [-0.1, -0.05) is 0 Å². The van der Waals surface area contributed by atoms with Crippen LogP contribution in [0.5, 0.6) is 0 Å². The van der Waals surface area contributed by atoms with Gasteiger partial charge in [-0.05, 0) is 38.8 Å². The van der Waals surface area contributed by atoms with Gasteiger partial charge in [0.05, 0.1) is 30.1 Å². The molecule has 3 aliphatic rings. The number of hydrogen-bond acceptors (Lipinski definition) is 6. The number of ether oxygens (including phenoxy) is 1. The molecule has 0 saturated carbocycles. The summed E-state index contributed by atoms with van der Waals surface area (Å²) in [5.74, 6) is -0.375. The number of pyridine rings is 1. The van der Waals surface area contributed by atoms with E-state index in [1.807, 2.05) is 6.07 Å². The number of imide groups is 1. The molecule has 3 aliphatic heterocycles. The van der Waals surface area contributed by atoms with Crippen molar-refractivity contribution in [3.8, 4) is 6.07 Å². The van der Waals surface area contributed by atoms with Gasteiger partial charge < -0.3 is 14.5 Å². The van der Waals surface area contributed by atoms with E-state index in [-0.39, 0.29) is 29.8 Å².